The van der Waals surface area contributed by atoms with Crippen molar-refractivity contribution >= 4 is 5.95 Å². The van der Waals surface area contributed by atoms with Gasteiger partial charge in [0.25, 0.3) is 0 Å². The summed E-state index contributed by atoms with van der Waals surface area (Å²) >= 11 is 0. The van der Waals surface area contributed by atoms with Crippen LogP contribution in [0.25, 0.3) is 0 Å². The summed E-state index contributed by atoms with van der Waals surface area (Å²) in [5.41, 5.74) is -1.02. The van der Waals surface area contributed by atoms with E-state index in [0.29, 0.717) is 0 Å². The van der Waals surface area contributed by atoms with Crippen LogP contribution in [0.4, 0.5) is 19.1 Å². The number of halogens is 3. The standard InChI is InChI=1S/C11H16F3N3/c1-7(10(2,3)4)16-9-15-6-5-8(17-9)11(12,13)14/h5-7H,1-4H3,(H,15,16,17). The molecule has 6 heteroatoms. The summed E-state index contributed by atoms with van der Waals surface area (Å²) in [4.78, 5) is 7.23. The average Bonchev–Trinajstić information content (AvgIpc) is 2.15. The predicted octanol–water partition coefficient (Wildman–Crippen LogP) is 3.34. The van der Waals surface area contributed by atoms with Crippen molar-refractivity contribution in [3.05, 3.63) is 18.0 Å². The SMILES string of the molecule is CC(Nc1nccc(C(F)(F)F)n1)C(C)(C)C. The summed E-state index contributed by atoms with van der Waals surface area (Å²) < 4.78 is 37.3. The first-order valence-corrected chi connectivity index (χ1v) is 5.27. The monoisotopic (exact) mass is 247 g/mol. The summed E-state index contributed by atoms with van der Waals surface area (Å²) in [5.74, 6) is 0.00208. The number of alkyl halides is 3. The van der Waals surface area contributed by atoms with Gasteiger partial charge in [-0.1, -0.05) is 20.8 Å². The molecule has 0 radical (unpaired) electrons. The lowest BCUT2D eigenvalue weighted by atomic mass is 9.88. The van der Waals surface area contributed by atoms with Crippen LogP contribution in [0.2, 0.25) is 0 Å². The van der Waals surface area contributed by atoms with Gasteiger partial charge in [-0.3, -0.25) is 0 Å². The zero-order valence-corrected chi connectivity index (χ0v) is 10.3. The Hall–Kier alpha value is -1.33. The van der Waals surface area contributed by atoms with Gasteiger partial charge in [-0.15, -0.1) is 0 Å². The molecule has 1 rings (SSSR count). The lowest BCUT2D eigenvalue weighted by Gasteiger charge is -2.28. The number of hydrogen-bond acceptors (Lipinski definition) is 3. The highest BCUT2D eigenvalue weighted by Gasteiger charge is 2.33. The van der Waals surface area contributed by atoms with E-state index in [1.165, 1.54) is 0 Å². The van der Waals surface area contributed by atoms with Gasteiger partial charge in [0.1, 0.15) is 5.69 Å². The zero-order chi connectivity index (χ0) is 13.3. The molecule has 1 N–H and O–H groups in total. The van der Waals surface area contributed by atoms with Gasteiger partial charge in [-0.2, -0.15) is 13.2 Å². The highest BCUT2D eigenvalue weighted by molar-refractivity contribution is 5.28. The Bertz CT molecular complexity index is 382. The minimum atomic E-state index is -4.44. The molecule has 0 aromatic carbocycles. The van der Waals surface area contributed by atoms with Gasteiger partial charge in [0, 0.05) is 12.2 Å². The molecule has 17 heavy (non-hydrogen) atoms. The number of rotatable bonds is 2. The maximum atomic E-state index is 12.4. The second-order valence-electron chi connectivity index (χ2n) is 5.00. The van der Waals surface area contributed by atoms with Gasteiger partial charge in [-0.25, -0.2) is 9.97 Å². The summed E-state index contributed by atoms with van der Waals surface area (Å²) in [6.07, 6.45) is -3.34. The number of nitrogens with zero attached hydrogens (tertiary/aromatic N) is 2. The van der Waals surface area contributed by atoms with Gasteiger partial charge in [0.15, 0.2) is 0 Å². The molecule has 0 aliphatic carbocycles. The number of nitrogens with one attached hydrogen (secondary N) is 1. The van der Waals surface area contributed by atoms with Crippen LogP contribution in [-0.2, 0) is 6.18 Å². The minimum Gasteiger partial charge on any atom is -0.351 e. The van der Waals surface area contributed by atoms with Crippen molar-refractivity contribution in [2.75, 3.05) is 5.32 Å². The predicted molar refractivity (Wildman–Crippen MR) is 59.6 cm³/mol. The van der Waals surface area contributed by atoms with Crippen molar-refractivity contribution in [2.45, 2.75) is 39.9 Å². The summed E-state index contributed by atoms with van der Waals surface area (Å²) in [5, 5.41) is 2.87. The molecule has 96 valence electrons. The number of aromatic nitrogens is 2. The molecule has 1 atom stereocenters. The second kappa shape index (κ2) is 4.50. The Balaban J connectivity index is 2.87. The van der Waals surface area contributed by atoms with E-state index >= 15 is 0 Å². The van der Waals surface area contributed by atoms with E-state index in [4.69, 9.17) is 0 Å². The molecule has 0 aliphatic rings. The van der Waals surface area contributed by atoms with E-state index in [2.05, 4.69) is 15.3 Å². The van der Waals surface area contributed by atoms with Gasteiger partial charge >= 0.3 is 6.18 Å². The molecule has 1 unspecified atom stereocenters. The second-order valence-corrected chi connectivity index (χ2v) is 5.00. The van der Waals surface area contributed by atoms with Crippen molar-refractivity contribution < 1.29 is 13.2 Å². The summed E-state index contributed by atoms with van der Waals surface area (Å²) in [6, 6.07) is 0.818. The molecule has 1 aromatic rings. The Labute approximate surface area is 98.5 Å². The molecular weight excluding hydrogens is 231 g/mol. The molecule has 1 heterocycles. The first kappa shape index (κ1) is 13.7. The smallest absolute Gasteiger partial charge is 0.351 e. The molecule has 0 fully saturated rings. The highest BCUT2D eigenvalue weighted by Crippen LogP contribution is 2.28. The van der Waals surface area contributed by atoms with Crippen molar-refractivity contribution in [1.82, 2.24) is 9.97 Å². The number of hydrogen-bond donors (Lipinski definition) is 1. The third-order valence-electron chi connectivity index (χ3n) is 2.59. The Kier molecular flexibility index (Phi) is 3.64. The normalized spacial score (nSPS) is 14.5. The fourth-order valence-electron chi connectivity index (χ4n) is 0.996. The van der Waals surface area contributed by atoms with Crippen LogP contribution >= 0.6 is 0 Å². The first-order chi connectivity index (χ1) is 7.60. The highest BCUT2D eigenvalue weighted by atomic mass is 19.4. The molecular formula is C11H16F3N3. The van der Waals surface area contributed by atoms with Gasteiger partial charge < -0.3 is 5.32 Å². The molecule has 0 amide bonds. The van der Waals surface area contributed by atoms with Gasteiger partial charge in [0.05, 0.1) is 0 Å². The fraction of sp³-hybridized carbons (Fsp3) is 0.636. The van der Waals surface area contributed by atoms with Gasteiger partial charge in [-0.05, 0) is 18.4 Å². The van der Waals surface area contributed by atoms with Crippen molar-refractivity contribution in [1.29, 1.82) is 0 Å². The fourth-order valence-corrected chi connectivity index (χ4v) is 0.996. The van der Waals surface area contributed by atoms with E-state index in [0.717, 1.165) is 12.3 Å². The third kappa shape index (κ3) is 3.87. The zero-order valence-electron chi connectivity index (χ0n) is 10.3. The average molecular weight is 247 g/mol. The Morgan fingerprint density at radius 3 is 2.29 bits per heavy atom. The molecule has 0 spiro atoms. The van der Waals surface area contributed by atoms with Crippen LogP contribution in [0.15, 0.2) is 12.3 Å². The van der Waals surface area contributed by atoms with Crippen LogP contribution in [0.1, 0.15) is 33.4 Å². The van der Waals surface area contributed by atoms with Crippen LogP contribution in [0, 0.1) is 5.41 Å². The van der Waals surface area contributed by atoms with Crippen molar-refractivity contribution in [3.63, 3.8) is 0 Å². The lowest BCUT2D eigenvalue weighted by Crippen LogP contribution is -2.31. The van der Waals surface area contributed by atoms with E-state index in [-0.39, 0.29) is 17.4 Å². The third-order valence-corrected chi connectivity index (χ3v) is 2.59. The van der Waals surface area contributed by atoms with Crippen molar-refractivity contribution in [2.24, 2.45) is 5.41 Å². The number of anilines is 1. The molecule has 3 nitrogen and oxygen atoms in total. The molecule has 1 aromatic heterocycles. The Morgan fingerprint density at radius 2 is 1.82 bits per heavy atom. The molecule has 0 saturated carbocycles. The van der Waals surface area contributed by atoms with Gasteiger partial charge in [0.2, 0.25) is 5.95 Å². The first-order valence-electron chi connectivity index (χ1n) is 5.27. The van der Waals surface area contributed by atoms with Crippen LogP contribution in [-0.4, -0.2) is 16.0 Å². The van der Waals surface area contributed by atoms with E-state index in [1.807, 2.05) is 27.7 Å². The van der Waals surface area contributed by atoms with E-state index in [9.17, 15) is 13.2 Å². The molecule has 0 aliphatic heterocycles. The van der Waals surface area contributed by atoms with Crippen molar-refractivity contribution in [3.8, 4) is 0 Å². The minimum absolute atomic E-state index is 0.00208. The van der Waals surface area contributed by atoms with Crippen LogP contribution < -0.4 is 5.32 Å². The maximum Gasteiger partial charge on any atom is 0.433 e. The van der Waals surface area contributed by atoms with E-state index in [1.54, 1.807) is 0 Å². The molecule has 0 bridgehead atoms. The largest absolute Gasteiger partial charge is 0.433 e. The molecule has 0 saturated heterocycles. The van der Waals surface area contributed by atoms with Crippen LogP contribution in [0.5, 0.6) is 0 Å². The lowest BCUT2D eigenvalue weighted by molar-refractivity contribution is -0.141. The van der Waals surface area contributed by atoms with E-state index < -0.39 is 11.9 Å². The summed E-state index contributed by atoms with van der Waals surface area (Å²) in [7, 11) is 0. The Morgan fingerprint density at radius 1 is 1.24 bits per heavy atom. The quantitative estimate of drug-likeness (QED) is 0.871. The van der Waals surface area contributed by atoms with Crippen LogP contribution in [0.3, 0.4) is 0 Å². The summed E-state index contributed by atoms with van der Waals surface area (Å²) in [6.45, 7) is 7.83. The topological polar surface area (TPSA) is 37.8 Å². The maximum absolute atomic E-state index is 12.4.